The number of nitrogens with zero attached hydrogens (tertiary/aromatic N) is 2. The predicted molar refractivity (Wildman–Crippen MR) is 82.0 cm³/mol. The first-order valence-corrected chi connectivity index (χ1v) is 7.34. The Morgan fingerprint density at radius 3 is 2.52 bits per heavy atom. The number of nitrogens with one attached hydrogen (secondary N) is 1. The van der Waals surface area contributed by atoms with Crippen LogP contribution in [0.5, 0.6) is 0 Å². The Morgan fingerprint density at radius 2 is 2.00 bits per heavy atom. The van der Waals surface area contributed by atoms with Crippen LogP contribution in [0.4, 0.5) is 5.82 Å². The summed E-state index contributed by atoms with van der Waals surface area (Å²) < 4.78 is 5.67. The molecule has 1 aliphatic rings. The van der Waals surface area contributed by atoms with E-state index >= 15 is 0 Å². The van der Waals surface area contributed by atoms with Crippen molar-refractivity contribution in [1.82, 2.24) is 9.88 Å². The largest absolute Gasteiger partial charge is 0.372 e. The van der Waals surface area contributed by atoms with Crippen molar-refractivity contribution in [3.63, 3.8) is 0 Å². The van der Waals surface area contributed by atoms with Crippen LogP contribution in [-0.4, -0.2) is 41.1 Å². The standard InChI is InChI=1S/C15H24N4O2/c1-9(2)13-5-12(6-14(17-13)18-16)15(20)19-7-10(3)21-11(4)8-19/h5-6,9-11H,7-8,16H2,1-4H3,(H,17,18)/t10-,11+. The van der Waals surface area contributed by atoms with Crippen molar-refractivity contribution in [2.24, 2.45) is 5.84 Å². The van der Waals surface area contributed by atoms with Gasteiger partial charge in [-0.2, -0.15) is 0 Å². The molecule has 0 unspecified atom stereocenters. The SMILES string of the molecule is CC(C)c1cc(C(=O)N2C[C@@H](C)O[C@@H](C)C2)cc(NN)n1. The van der Waals surface area contributed by atoms with E-state index in [4.69, 9.17) is 10.6 Å². The minimum atomic E-state index is -0.00204. The molecule has 1 fully saturated rings. The number of hydrazine groups is 1. The lowest BCUT2D eigenvalue weighted by Crippen LogP contribution is -2.48. The molecular formula is C15H24N4O2. The quantitative estimate of drug-likeness (QED) is 0.655. The van der Waals surface area contributed by atoms with Gasteiger partial charge in [-0.3, -0.25) is 4.79 Å². The van der Waals surface area contributed by atoms with E-state index in [0.717, 1.165) is 5.69 Å². The van der Waals surface area contributed by atoms with Gasteiger partial charge in [-0.05, 0) is 31.9 Å². The molecule has 0 aliphatic carbocycles. The second-order valence-corrected chi connectivity index (χ2v) is 5.93. The zero-order valence-corrected chi connectivity index (χ0v) is 13.1. The fourth-order valence-corrected chi connectivity index (χ4v) is 2.57. The number of aromatic nitrogens is 1. The lowest BCUT2D eigenvalue weighted by molar-refractivity contribution is -0.0586. The second-order valence-electron chi connectivity index (χ2n) is 5.93. The van der Waals surface area contributed by atoms with Gasteiger partial charge in [0.2, 0.25) is 0 Å². The molecule has 21 heavy (non-hydrogen) atoms. The summed E-state index contributed by atoms with van der Waals surface area (Å²) in [5.74, 6) is 6.19. The molecule has 2 atom stereocenters. The molecule has 6 nitrogen and oxygen atoms in total. The summed E-state index contributed by atoms with van der Waals surface area (Å²) in [6.07, 6.45) is 0.104. The van der Waals surface area contributed by atoms with E-state index in [9.17, 15) is 4.79 Å². The molecule has 1 saturated heterocycles. The highest BCUT2D eigenvalue weighted by Gasteiger charge is 2.27. The number of anilines is 1. The number of morpholine rings is 1. The molecule has 116 valence electrons. The Kier molecular flexibility index (Phi) is 4.80. The van der Waals surface area contributed by atoms with E-state index < -0.39 is 0 Å². The molecule has 6 heteroatoms. The number of amides is 1. The smallest absolute Gasteiger partial charge is 0.254 e. The molecular weight excluding hydrogens is 268 g/mol. The summed E-state index contributed by atoms with van der Waals surface area (Å²) in [4.78, 5) is 18.9. The number of rotatable bonds is 3. The molecule has 0 bridgehead atoms. The fourth-order valence-electron chi connectivity index (χ4n) is 2.57. The number of carbonyl (C=O) groups is 1. The van der Waals surface area contributed by atoms with Gasteiger partial charge in [0.25, 0.3) is 5.91 Å². The van der Waals surface area contributed by atoms with E-state index in [0.29, 0.717) is 24.5 Å². The summed E-state index contributed by atoms with van der Waals surface area (Å²) in [6.45, 7) is 9.25. The van der Waals surface area contributed by atoms with Crippen LogP contribution < -0.4 is 11.3 Å². The average molecular weight is 292 g/mol. The highest BCUT2D eigenvalue weighted by molar-refractivity contribution is 5.95. The van der Waals surface area contributed by atoms with Crippen molar-refractivity contribution in [3.05, 3.63) is 23.4 Å². The topological polar surface area (TPSA) is 80.5 Å². The van der Waals surface area contributed by atoms with E-state index in [-0.39, 0.29) is 24.0 Å². The van der Waals surface area contributed by atoms with Crippen LogP contribution in [0.1, 0.15) is 49.7 Å². The van der Waals surface area contributed by atoms with Crippen molar-refractivity contribution < 1.29 is 9.53 Å². The minimum Gasteiger partial charge on any atom is -0.372 e. The molecule has 1 aromatic heterocycles. The molecule has 1 aromatic rings. The van der Waals surface area contributed by atoms with Gasteiger partial charge in [0.1, 0.15) is 5.82 Å². The number of pyridine rings is 1. The zero-order valence-electron chi connectivity index (χ0n) is 13.1. The van der Waals surface area contributed by atoms with Crippen LogP contribution in [0.25, 0.3) is 0 Å². The van der Waals surface area contributed by atoms with E-state index in [1.165, 1.54) is 0 Å². The van der Waals surface area contributed by atoms with Crippen molar-refractivity contribution in [2.75, 3.05) is 18.5 Å². The van der Waals surface area contributed by atoms with Crippen LogP contribution in [0, 0.1) is 0 Å². The third-order valence-electron chi connectivity index (χ3n) is 3.54. The zero-order chi connectivity index (χ0) is 15.6. The van der Waals surface area contributed by atoms with Crippen LogP contribution in [-0.2, 0) is 4.74 Å². The summed E-state index contributed by atoms with van der Waals surface area (Å²) in [5.41, 5.74) is 4.00. The lowest BCUT2D eigenvalue weighted by atomic mass is 10.1. The van der Waals surface area contributed by atoms with Crippen molar-refractivity contribution in [3.8, 4) is 0 Å². The van der Waals surface area contributed by atoms with Gasteiger partial charge in [-0.15, -0.1) is 0 Å². The van der Waals surface area contributed by atoms with Gasteiger partial charge >= 0.3 is 0 Å². The number of nitrogen functional groups attached to an aromatic ring is 1. The van der Waals surface area contributed by atoms with Crippen LogP contribution in [0.3, 0.4) is 0 Å². The van der Waals surface area contributed by atoms with Crippen LogP contribution in [0.2, 0.25) is 0 Å². The maximum atomic E-state index is 12.7. The molecule has 3 N–H and O–H groups in total. The van der Waals surface area contributed by atoms with Crippen molar-refractivity contribution in [1.29, 1.82) is 0 Å². The van der Waals surface area contributed by atoms with Gasteiger partial charge in [-0.1, -0.05) is 13.8 Å². The first-order chi connectivity index (χ1) is 9.90. The van der Waals surface area contributed by atoms with E-state index in [1.807, 2.05) is 38.7 Å². The van der Waals surface area contributed by atoms with Gasteiger partial charge in [0.05, 0.1) is 12.2 Å². The van der Waals surface area contributed by atoms with E-state index in [2.05, 4.69) is 10.4 Å². The third-order valence-corrected chi connectivity index (χ3v) is 3.54. The summed E-state index contributed by atoms with van der Waals surface area (Å²) in [6, 6.07) is 3.54. The summed E-state index contributed by atoms with van der Waals surface area (Å²) in [5, 5.41) is 0. The summed E-state index contributed by atoms with van der Waals surface area (Å²) >= 11 is 0. The maximum Gasteiger partial charge on any atom is 0.254 e. The Hall–Kier alpha value is -1.66. The Labute approximate surface area is 125 Å². The molecule has 0 radical (unpaired) electrons. The van der Waals surface area contributed by atoms with Crippen molar-refractivity contribution in [2.45, 2.75) is 45.8 Å². The fraction of sp³-hybridized carbons (Fsp3) is 0.600. The van der Waals surface area contributed by atoms with Gasteiger partial charge < -0.3 is 15.1 Å². The maximum absolute atomic E-state index is 12.7. The number of hydrogen-bond acceptors (Lipinski definition) is 5. The molecule has 0 spiro atoms. The minimum absolute atomic E-state index is 0.00204. The third kappa shape index (κ3) is 3.71. The lowest BCUT2D eigenvalue weighted by Gasteiger charge is -2.35. The highest BCUT2D eigenvalue weighted by atomic mass is 16.5. The van der Waals surface area contributed by atoms with Crippen molar-refractivity contribution >= 4 is 11.7 Å². The molecule has 0 aromatic carbocycles. The second kappa shape index (κ2) is 6.41. The molecule has 1 aliphatic heterocycles. The number of ether oxygens (including phenoxy) is 1. The number of hydrogen-bond donors (Lipinski definition) is 2. The number of carbonyl (C=O) groups excluding carboxylic acids is 1. The Balaban J connectivity index is 2.27. The first kappa shape index (κ1) is 15.7. The normalized spacial score (nSPS) is 22.5. The first-order valence-electron chi connectivity index (χ1n) is 7.34. The van der Waals surface area contributed by atoms with E-state index in [1.54, 1.807) is 6.07 Å². The summed E-state index contributed by atoms with van der Waals surface area (Å²) in [7, 11) is 0. The van der Waals surface area contributed by atoms with Crippen LogP contribution >= 0.6 is 0 Å². The molecule has 0 saturated carbocycles. The average Bonchev–Trinajstić information content (AvgIpc) is 2.44. The highest BCUT2D eigenvalue weighted by Crippen LogP contribution is 2.20. The predicted octanol–water partition coefficient (Wildman–Crippen LogP) is 1.74. The van der Waals surface area contributed by atoms with Gasteiger partial charge in [-0.25, -0.2) is 10.8 Å². The molecule has 2 rings (SSSR count). The van der Waals surface area contributed by atoms with Crippen LogP contribution in [0.15, 0.2) is 12.1 Å². The monoisotopic (exact) mass is 292 g/mol. The van der Waals surface area contributed by atoms with Gasteiger partial charge in [0.15, 0.2) is 0 Å². The Morgan fingerprint density at radius 1 is 1.38 bits per heavy atom. The molecule has 2 heterocycles. The number of nitrogens with two attached hydrogens (primary N) is 1. The molecule has 1 amide bonds. The van der Waals surface area contributed by atoms with Gasteiger partial charge in [0, 0.05) is 24.3 Å². The Bertz CT molecular complexity index is 508.